The SMILES string of the molecule is CCN(C(=O)CCn1c2cc(CN3CC(F)(F)C3)ccc2nc1[C@H]1CC[C@H](CC)CC1)C1CCCCC1. The number of nitrogens with zero attached hydrogens (tertiary/aromatic N) is 4. The zero-order valence-electron chi connectivity index (χ0n) is 22.7. The van der Waals surface area contributed by atoms with Crippen LogP contribution in [0.15, 0.2) is 18.2 Å². The second-order valence-electron chi connectivity index (χ2n) is 11.8. The third-order valence-electron chi connectivity index (χ3n) is 9.17. The number of imidazole rings is 1. The molecule has 0 radical (unpaired) electrons. The minimum absolute atomic E-state index is 0.168. The maximum atomic E-state index is 13.4. The van der Waals surface area contributed by atoms with E-state index in [9.17, 15) is 13.6 Å². The maximum absolute atomic E-state index is 13.4. The molecule has 2 aromatic rings. The molecule has 0 N–H and O–H groups in total. The van der Waals surface area contributed by atoms with E-state index in [1.54, 1.807) is 4.90 Å². The summed E-state index contributed by atoms with van der Waals surface area (Å²) in [4.78, 5) is 22.4. The minimum atomic E-state index is -2.56. The number of benzene rings is 1. The first-order valence-electron chi connectivity index (χ1n) is 14.8. The molecule has 1 aliphatic heterocycles. The van der Waals surface area contributed by atoms with Gasteiger partial charge in [0.15, 0.2) is 0 Å². The number of aryl methyl sites for hydroxylation is 1. The van der Waals surface area contributed by atoms with Crippen molar-refractivity contribution in [2.45, 2.75) is 115 Å². The summed E-state index contributed by atoms with van der Waals surface area (Å²) in [5.74, 6) is 0.0377. The van der Waals surface area contributed by atoms with E-state index in [1.807, 2.05) is 12.1 Å². The number of likely N-dealkylation sites (tertiary alicyclic amines) is 1. The molecular formula is C30H44F2N4O. The Bertz CT molecular complexity index is 1060. The average molecular weight is 515 g/mol. The number of alkyl halides is 2. The zero-order valence-corrected chi connectivity index (χ0v) is 22.7. The highest BCUT2D eigenvalue weighted by Gasteiger charge is 2.43. The molecule has 7 heteroatoms. The lowest BCUT2D eigenvalue weighted by atomic mass is 9.80. The fraction of sp³-hybridized carbons (Fsp3) is 0.733. The monoisotopic (exact) mass is 514 g/mol. The van der Waals surface area contributed by atoms with Gasteiger partial charge in [0.1, 0.15) is 5.82 Å². The third-order valence-corrected chi connectivity index (χ3v) is 9.17. The molecule has 5 rings (SSSR count). The minimum Gasteiger partial charge on any atom is -0.340 e. The van der Waals surface area contributed by atoms with E-state index in [4.69, 9.17) is 4.98 Å². The highest BCUT2D eigenvalue weighted by atomic mass is 19.3. The molecule has 1 aromatic carbocycles. The predicted octanol–water partition coefficient (Wildman–Crippen LogP) is 6.74. The molecule has 0 atom stereocenters. The van der Waals surface area contributed by atoms with Crippen LogP contribution in [0.2, 0.25) is 0 Å². The number of hydrogen-bond acceptors (Lipinski definition) is 3. The Morgan fingerprint density at radius 1 is 1.05 bits per heavy atom. The van der Waals surface area contributed by atoms with Crippen molar-refractivity contribution >= 4 is 16.9 Å². The van der Waals surface area contributed by atoms with Gasteiger partial charge in [-0.05, 0) is 69.1 Å². The molecule has 1 saturated heterocycles. The van der Waals surface area contributed by atoms with Crippen molar-refractivity contribution in [3.8, 4) is 0 Å². The standard InChI is InChI=1S/C30H44F2N4O/c1-3-22-10-13-24(14-11-22)29-33-26-15-12-23(19-34-20-30(31,32)21-34)18-27(26)36(29)17-16-28(37)35(4-2)25-8-6-5-7-9-25/h12,15,18,22,24-25H,3-11,13-14,16-17,19-21H2,1-2H3/t22-,24-. The van der Waals surface area contributed by atoms with E-state index >= 15 is 0 Å². The number of rotatable bonds is 9. The lowest BCUT2D eigenvalue weighted by Crippen LogP contribution is -2.55. The van der Waals surface area contributed by atoms with Crippen molar-refractivity contribution in [3.63, 3.8) is 0 Å². The second-order valence-corrected chi connectivity index (χ2v) is 11.8. The van der Waals surface area contributed by atoms with Crippen LogP contribution in [0.1, 0.15) is 102 Å². The van der Waals surface area contributed by atoms with Gasteiger partial charge in [-0.3, -0.25) is 9.69 Å². The van der Waals surface area contributed by atoms with Crippen LogP contribution in [0.5, 0.6) is 0 Å². The van der Waals surface area contributed by atoms with E-state index in [-0.39, 0.29) is 19.0 Å². The summed E-state index contributed by atoms with van der Waals surface area (Å²) in [6.07, 6.45) is 12.5. The van der Waals surface area contributed by atoms with Gasteiger partial charge < -0.3 is 9.47 Å². The first-order chi connectivity index (χ1) is 17.9. The van der Waals surface area contributed by atoms with Crippen LogP contribution in [0.4, 0.5) is 8.78 Å². The van der Waals surface area contributed by atoms with Crippen LogP contribution in [0.25, 0.3) is 11.0 Å². The van der Waals surface area contributed by atoms with E-state index in [0.717, 1.165) is 60.6 Å². The Kier molecular flexibility index (Phi) is 8.18. The smallest absolute Gasteiger partial charge is 0.272 e. The Morgan fingerprint density at radius 3 is 2.43 bits per heavy atom. The van der Waals surface area contributed by atoms with Gasteiger partial charge in [0.05, 0.1) is 24.1 Å². The number of fused-ring (bicyclic) bond motifs is 1. The van der Waals surface area contributed by atoms with Gasteiger partial charge in [-0.2, -0.15) is 0 Å². The fourth-order valence-corrected chi connectivity index (χ4v) is 7.02. The molecular weight excluding hydrogens is 470 g/mol. The molecule has 204 valence electrons. The van der Waals surface area contributed by atoms with Crippen LogP contribution in [0.3, 0.4) is 0 Å². The first-order valence-corrected chi connectivity index (χ1v) is 14.8. The van der Waals surface area contributed by atoms with Gasteiger partial charge in [0, 0.05) is 38.0 Å². The van der Waals surface area contributed by atoms with Crippen molar-refractivity contribution in [3.05, 3.63) is 29.6 Å². The van der Waals surface area contributed by atoms with Gasteiger partial charge >= 0.3 is 0 Å². The summed E-state index contributed by atoms with van der Waals surface area (Å²) in [6.45, 7) is 5.98. The van der Waals surface area contributed by atoms with Gasteiger partial charge in [-0.25, -0.2) is 13.8 Å². The molecule has 2 saturated carbocycles. The highest BCUT2D eigenvalue weighted by Crippen LogP contribution is 2.38. The molecule has 5 nitrogen and oxygen atoms in total. The Hall–Kier alpha value is -2.02. The Labute approximate surface area is 220 Å². The molecule has 0 bridgehead atoms. The molecule has 2 aliphatic carbocycles. The molecule has 3 aliphatic rings. The largest absolute Gasteiger partial charge is 0.340 e. The van der Waals surface area contributed by atoms with Crippen molar-refractivity contribution in [2.75, 3.05) is 19.6 Å². The van der Waals surface area contributed by atoms with Crippen LogP contribution < -0.4 is 0 Å². The van der Waals surface area contributed by atoms with Crippen molar-refractivity contribution in [2.24, 2.45) is 5.92 Å². The Morgan fingerprint density at radius 2 is 1.78 bits per heavy atom. The molecule has 37 heavy (non-hydrogen) atoms. The number of carbonyl (C=O) groups excluding carboxylic acids is 1. The second kappa shape index (κ2) is 11.4. The summed E-state index contributed by atoms with van der Waals surface area (Å²) in [5, 5.41) is 0. The number of hydrogen-bond donors (Lipinski definition) is 0. The predicted molar refractivity (Wildman–Crippen MR) is 144 cm³/mol. The number of halogens is 2. The molecule has 1 amide bonds. The van der Waals surface area contributed by atoms with Gasteiger partial charge in [-0.1, -0.05) is 38.7 Å². The fourth-order valence-electron chi connectivity index (χ4n) is 7.02. The van der Waals surface area contributed by atoms with Crippen LogP contribution in [-0.4, -0.2) is 56.9 Å². The van der Waals surface area contributed by atoms with E-state index in [0.29, 0.717) is 31.5 Å². The summed E-state index contributed by atoms with van der Waals surface area (Å²) in [6, 6.07) is 6.59. The maximum Gasteiger partial charge on any atom is 0.272 e. The van der Waals surface area contributed by atoms with Crippen LogP contribution in [0, 0.1) is 5.92 Å². The van der Waals surface area contributed by atoms with Gasteiger partial charge in [0.25, 0.3) is 5.92 Å². The topological polar surface area (TPSA) is 41.4 Å². The van der Waals surface area contributed by atoms with Crippen molar-refractivity contribution in [1.29, 1.82) is 0 Å². The summed E-state index contributed by atoms with van der Waals surface area (Å²) in [7, 11) is 0. The first kappa shape index (κ1) is 26.6. The lowest BCUT2D eigenvalue weighted by Gasteiger charge is -2.38. The lowest BCUT2D eigenvalue weighted by molar-refractivity contribution is -0.134. The summed E-state index contributed by atoms with van der Waals surface area (Å²) in [5.41, 5.74) is 3.04. The van der Waals surface area contributed by atoms with Crippen LogP contribution in [-0.2, 0) is 17.9 Å². The molecule has 3 fully saturated rings. The normalized spacial score (nSPS) is 24.8. The quantitative estimate of drug-likeness (QED) is 0.372. The molecule has 0 unspecified atom stereocenters. The van der Waals surface area contributed by atoms with Crippen LogP contribution >= 0.6 is 0 Å². The molecule has 2 heterocycles. The van der Waals surface area contributed by atoms with E-state index in [1.165, 1.54) is 38.5 Å². The van der Waals surface area contributed by atoms with Gasteiger partial charge in [0.2, 0.25) is 5.91 Å². The molecule has 1 aromatic heterocycles. The summed E-state index contributed by atoms with van der Waals surface area (Å²) >= 11 is 0. The number of amides is 1. The van der Waals surface area contributed by atoms with E-state index in [2.05, 4.69) is 29.4 Å². The average Bonchev–Trinajstić information content (AvgIpc) is 3.25. The molecule has 0 spiro atoms. The number of carbonyl (C=O) groups is 1. The number of aromatic nitrogens is 2. The highest BCUT2D eigenvalue weighted by molar-refractivity contribution is 5.79. The Balaban J connectivity index is 1.37. The van der Waals surface area contributed by atoms with Crippen molar-refractivity contribution in [1.82, 2.24) is 19.4 Å². The van der Waals surface area contributed by atoms with Crippen molar-refractivity contribution < 1.29 is 13.6 Å². The summed E-state index contributed by atoms with van der Waals surface area (Å²) < 4.78 is 29.1. The zero-order chi connectivity index (χ0) is 26.0. The van der Waals surface area contributed by atoms with E-state index < -0.39 is 5.92 Å². The third kappa shape index (κ3) is 6.02. The van der Waals surface area contributed by atoms with Gasteiger partial charge in [-0.15, -0.1) is 0 Å².